The van der Waals surface area contributed by atoms with E-state index in [0.29, 0.717) is 45.0 Å². The second-order valence-corrected chi connectivity index (χ2v) is 7.72. The van der Waals surface area contributed by atoms with Crippen LogP contribution in [0.5, 0.6) is 0 Å². The molecule has 0 bridgehead atoms. The molecule has 1 N–H and O–H groups in total. The number of hydrogen-bond donors (Lipinski definition) is 1. The summed E-state index contributed by atoms with van der Waals surface area (Å²) in [4.78, 5) is 23.4. The van der Waals surface area contributed by atoms with Gasteiger partial charge in [0, 0.05) is 31.9 Å². The lowest BCUT2D eigenvalue weighted by atomic mass is 10.3. The average Bonchev–Trinajstić information content (AvgIpc) is 3.10. The number of alkyl halides is 1. The summed E-state index contributed by atoms with van der Waals surface area (Å²) in [5.41, 5.74) is 0.803. The molecule has 0 atom stereocenters. The van der Waals surface area contributed by atoms with Crippen LogP contribution < -0.4 is 10.2 Å². The van der Waals surface area contributed by atoms with E-state index in [1.54, 1.807) is 11.8 Å². The van der Waals surface area contributed by atoms with Gasteiger partial charge in [-0.15, -0.1) is 11.6 Å². The standard InChI is InChI=1S/C17H25ClN6O2S/c1-2-27-17-21-15(23-8-10-26-11-9-23)13-12-20-24(16(13)22-17)7-6-19-14(25)4-3-5-18/h12H,2-11H2,1H3,(H,19,25). The molecule has 8 nitrogen and oxygen atoms in total. The number of thioether (sulfide) groups is 1. The summed E-state index contributed by atoms with van der Waals surface area (Å²) in [5, 5.41) is 9.08. The van der Waals surface area contributed by atoms with Gasteiger partial charge in [0.25, 0.3) is 0 Å². The summed E-state index contributed by atoms with van der Waals surface area (Å²) in [6, 6.07) is 0. The van der Waals surface area contributed by atoms with Crippen LogP contribution >= 0.6 is 23.4 Å². The lowest BCUT2D eigenvalue weighted by Crippen LogP contribution is -2.37. The van der Waals surface area contributed by atoms with Crippen LogP contribution in [0.4, 0.5) is 5.82 Å². The molecule has 0 spiro atoms. The highest BCUT2D eigenvalue weighted by Crippen LogP contribution is 2.27. The Morgan fingerprint density at radius 3 is 2.93 bits per heavy atom. The summed E-state index contributed by atoms with van der Waals surface area (Å²) in [5.74, 6) is 2.32. The maximum Gasteiger partial charge on any atom is 0.220 e. The summed E-state index contributed by atoms with van der Waals surface area (Å²) >= 11 is 7.24. The number of halogens is 1. The third kappa shape index (κ3) is 5.24. The van der Waals surface area contributed by atoms with E-state index >= 15 is 0 Å². The Kier molecular flexibility index (Phi) is 7.54. The number of nitrogens with one attached hydrogen (secondary N) is 1. The molecule has 10 heteroatoms. The fourth-order valence-corrected chi connectivity index (χ4v) is 3.61. The van der Waals surface area contributed by atoms with Gasteiger partial charge >= 0.3 is 0 Å². The van der Waals surface area contributed by atoms with Crippen LogP contribution in [0.15, 0.2) is 11.4 Å². The van der Waals surface area contributed by atoms with Gasteiger partial charge in [0.05, 0.1) is 31.3 Å². The molecule has 3 heterocycles. The van der Waals surface area contributed by atoms with Gasteiger partial charge in [-0.3, -0.25) is 4.79 Å². The molecule has 148 valence electrons. The maximum absolute atomic E-state index is 11.7. The van der Waals surface area contributed by atoms with E-state index < -0.39 is 0 Å². The van der Waals surface area contributed by atoms with Gasteiger partial charge in [-0.05, 0) is 12.2 Å². The monoisotopic (exact) mass is 412 g/mol. The third-order valence-corrected chi connectivity index (χ3v) is 5.22. The van der Waals surface area contributed by atoms with E-state index in [4.69, 9.17) is 26.3 Å². The first-order valence-corrected chi connectivity index (χ1v) is 10.8. The molecule has 0 radical (unpaired) electrons. The highest BCUT2D eigenvalue weighted by atomic mass is 35.5. The predicted molar refractivity (Wildman–Crippen MR) is 108 cm³/mol. The minimum Gasteiger partial charge on any atom is -0.378 e. The van der Waals surface area contributed by atoms with Crippen LogP contribution in [0.1, 0.15) is 19.8 Å². The first-order valence-electron chi connectivity index (χ1n) is 9.24. The lowest BCUT2D eigenvalue weighted by Gasteiger charge is -2.28. The quantitative estimate of drug-likeness (QED) is 0.382. The fraction of sp³-hybridized carbons (Fsp3) is 0.647. The Morgan fingerprint density at radius 2 is 2.19 bits per heavy atom. The minimum atomic E-state index is 0.0120. The number of rotatable bonds is 9. The highest BCUT2D eigenvalue weighted by Gasteiger charge is 2.20. The normalized spacial score (nSPS) is 14.7. The van der Waals surface area contributed by atoms with Crippen LogP contribution in [0, 0.1) is 0 Å². The zero-order valence-electron chi connectivity index (χ0n) is 15.5. The molecule has 3 rings (SSSR count). The Bertz CT molecular complexity index is 765. The fourth-order valence-electron chi connectivity index (χ4n) is 2.91. The van der Waals surface area contributed by atoms with Crippen LogP contribution in [0.25, 0.3) is 11.0 Å². The van der Waals surface area contributed by atoms with E-state index in [1.165, 1.54) is 0 Å². The SMILES string of the molecule is CCSc1nc(N2CCOCC2)c2cnn(CCNC(=O)CCCCl)c2n1. The van der Waals surface area contributed by atoms with E-state index in [1.807, 2.05) is 10.9 Å². The van der Waals surface area contributed by atoms with E-state index in [2.05, 4.69) is 22.2 Å². The molecule has 0 aliphatic carbocycles. The molecule has 1 fully saturated rings. The number of carbonyl (C=O) groups excluding carboxylic acids is 1. The molecule has 1 amide bonds. The molecule has 0 saturated carbocycles. The van der Waals surface area contributed by atoms with Crippen molar-refractivity contribution >= 4 is 46.1 Å². The Hall–Kier alpha value is -1.58. The van der Waals surface area contributed by atoms with Gasteiger partial charge in [0.1, 0.15) is 5.82 Å². The molecule has 0 aromatic carbocycles. The van der Waals surface area contributed by atoms with Gasteiger partial charge < -0.3 is 15.0 Å². The van der Waals surface area contributed by atoms with Gasteiger partial charge in [0.15, 0.2) is 10.8 Å². The lowest BCUT2D eigenvalue weighted by molar-refractivity contribution is -0.121. The third-order valence-electron chi connectivity index (χ3n) is 4.22. The maximum atomic E-state index is 11.7. The van der Waals surface area contributed by atoms with Crippen molar-refractivity contribution in [2.45, 2.75) is 31.5 Å². The van der Waals surface area contributed by atoms with Gasteiger partial charge in [-0.1, -0.05) is 18.7 Å². The second kappa shape index (κ2) is 10.1. The molecular formula is C17H25ClN6O2S. The second-order valence-electron chi connectivity index (χ2n) is 6.11. The molecule has 2 aromatic heterocycles. The molecule has 0 unspecified atom stereocenters. The van der Waals surface area contributed by atoms with Crippen molar-refractivity contribution in [1.82, 2.24) is 25.1 Å². The van der Waals surface area contributed by atoms with Crippen molar-refractivity contribution in [1.29, 1.82) is 0 Å². The summed E-state index contributed by atoms with van der Waals surface area (Å²) in [6.45, 7) is 6.17. The van der Waals surface area contributed by atoms with Crippen molar-refractivity contribution < 1.29 is 9.53 Å². The predicted octanol–water partition coefficient (Wildman–Crippen LogP) is 1.91. The van der Waals surface area contributed by atoms with E-state index in [-0.39, 0.29) is 5.91 Å². The summed E-state index contributed by atoms with van der Waals surface area (Å²) < 4.78 is 7.30. The van der Waals surface area contributed by atoms with Crippen LogP contribution in [0.3, 0.4) is 0 Å². The Balaban J connectivity index is 1.78. The number of aromatic nitrogens is 4. The van der Waals surface area contributed by atoms with E-state index in [0.717, 1.165) is 40.9 Å². The first-order chi connectivity index (χ1) is 13.2. The smallest absolute Gasteiger partial charge is 0.220 e. The average molecular weight is 413 g/mol. The largest absolute Gasteiger partial charge is 0.378 e. The summed E-state index contributed by atoms with van der Waals surface area (Å²) in [7, 11) is 0. The van der Waals surface area contributed by atoms with Crippen LogP contribution in [-0.2, 0) is 16.1 Å². The highest BCUT2D eigenvalue weighted by molar-refractivity contribution is 7.99. The number of hydrogen-bond acceptors (Lipinski definition) is 7. The van der Waals surface area contributed by atoms with Gasteiger partial charge in [-0.2, -0.15) is 5.10 Å². The van der Waals surface area contributed by atoms with Gasteiger partial charge in [0.2, 0.25) is 5.91 Å². The Labute approximate surface area is 168 Å². The van der Waals surface area contributed by atoms with Crippen molar-refractivity contribution in [3.05, 3.63) is 6.20 Å². The molecular weight excluding hydrogens is 388 g/mol. The van der Waals surface area contributed by atoms with Crippen LogP contribution in [-0.4, -0.2) is 70.1 Å². The van der Waals surface area contributed by atoms with Crippen molar-refractivity contribution in [2.24, 2.45) is 0 Å². The summed E-state index contributed by atoms with van der Waals surface area (Å²) in [6.07, 6.45) is 2.95. The number of morpholine rings is 1. The molecule has 1 aliphatic rings. The molecule has 2 aromatic rings. The number of amides is 1. The van der Waals surface area contributed by atoms with Gasteiger partial charge in [-0.25, -0.2) is 14.6 Å². The topological polar surface area (TPSA) is 85.2 Å². The van der Waals surface area contributed by atoms with Crippen molar-refractivity contribution in [3.63, 3.8) is 0 Å². The Morgan fingerprint density at radius 1 is 1.37 bits per heavy atom. The zero-order valence-corrected chi connectivity index (χ0v) is 17.1. The number of fused-ring (bicyclic) bond motifs is 1. The number of carbonyl (C=O) groups is 1. The van der Waals surface area contributed by atoms with Crippen molar-refractivity contribution in [2.75, 3.05) is 49.4 Å². The molecule has 1 saturated heterocycles. The minimum absolute atomic E-state index is 0.0120. The molecule has 1 aliphatic heterocycles. The zero-order chi connectivity index (χ0) is 19.1. The van der Waals surface area contributed by atoms with Crippen LogP contribution in [0.2, 0.25) is 0 Å². The van der Waals surface area contributed by atoms with E-state index in [9.17, 15) is 4.79 Å². The number of ether oxygens (including phenoxy) is 1. The number of nitrogens with zero attached hydrogens (tertiary/aromatic N) is 5. The first kappa shape index (κ1) is 20.2. The van der Waals surface area contributed by atoms with Crippen molar-refractivity contribution in [3.8, 4) is 0 Å². The molecule has 27 heavy (non-hydrogen) atoms. The number of anilines is 1.